The molecule has 1 aliphatic rings. The van der Waals surface area contributed by atoms with Crippen LogP contribution < -0.4 is 5.32 Å². The Bertz CT molecular complexity index is 765. The summed E-state index contributed by atoms with van der Waals surface area (Å²) in [5.41, 5.74) is 0.750. The van der Waals surface area contributed by atoms with E-state index in [-0.39, 0.29) is 24.2 Å². The molecule has 3 heterocycles. The van der Waals surface area contributed by atoms with Crippen molar-refractivity contribution in [3.63, 3.8) is 0 Å². The Balaban J connectivity index is 0.00000280. The van der Waals surface area contributed by atoms with Gasteiger partial charge in [-0.15, -0.1) is 12.4 Å². The van der Waals surface area contributed by atoms with Crippen LogP contribution in [0.3, 0.4) is 0 Å². The number of hydrogen-bond donors (Lipinski definition) is 1. The summed E-state index contributed by atoms with van der Waals surface area (Å²) < 4.78 is 7.22. The topological polar surface area (TPSA) is 85.2 Å². The summed E-state index contributed by atoms with van der Waals surface area (Å²) in [5, 5.41) is 8.22. The third-order valence-corrected chi connectivity index (χ3v) is 5.16. The lowest BCUT2D eigenvalue weighted by Gasteiger charge is -2.30. The van der Waals surface area contributed by atoms with Crippen LogP contribution in [0.1, 0.15) is 40.5 Å². The maximum Gasteiger partial charge on any atom is 0.228 e. The van der Waals surface area contributed by atoms with Gasteiger partial charge >= 0.3 is 0 Å². The molecule has 1 amide bonds. The van der Waals surface area contributed by atoms with Crippen LogP contribution in [0.15, 0.2) is 12.5 Å². The molecule has 2 aromatic heterocycles. The monoisotopic (exact) mass is 410 g/mol. The average Bonchev–Trinajstić information content (AvgIpc) is 3.06. The van der Waals surface area contributed by atoms with Crippen LogP contribution in [0.2, 0.25) is 0 Å². The average molecular weight is 411 g/mol. The van der Waals surface area contributed by atoms with E-state index < -0.39 is 0 Å². The van der Waals surface area contributed by atoms with E-state index in [1.165, 1.54) is 6.33 Å². The number of rotatable bonds is 7. The molecule has 1 aliphatic heterocycles. The van der Waals surface area contributed by atoms with E-state index in [0.29, 0.717) is 31.1 Å². The first-order valence-electron chi connectivity index (χ1n) is 9.78. The zero-order valence-corrected chi connectivity index (χ0v) is 17.9. The predicted octanol–water partition coefficient (Wildman–Crippen LogP) is 2.73. The highest BCUT2D eigenvalue weighted by atomic mass is 35.5. The number of hydrogen-bond acceptors (Lipinski definition) is 6. The summed E-state index contributed by atoms with van der Waals surface area (Å²) >= 11 is 0. The molecular weight excluding hydrogens is 380 g/mol. The van der Waals surface area contributed by atoms with Crippen LogP contribution in [0, 0.1) is 5.92 Å². The van der Waals surface area contributed by atoms with Crippen molar-refractivity contribution in [2.24, 2.45) is 5.92 Å². The van der Waals surface area contributed by atoms with Gasteiger partial charge in [-0.3, -0.25) is 9.69 Å². The Labute approximate surface area is 172 Å². The van der Waals surface area contributed by atoms with E-state index in [4.69, 9.17) is 4.74 Å². The number of halogens is 1. The number of carbonyl (C=O) groups is 1. The molecule has 28 heavy (non-hydrogen) atoms. The van der Waals surface area contributed by atoms with Gasteiger partial charge in [-0.2, -0.15) is 5.10 Å². The normalized spacial score (nSPS) is 15.4. The van der Waals surface area contributed by atoms with Gasteiger partial charge < -0.3 is 10.1 Å². The van der Waals surface area contributed by atoms with Gasteiger partial charge in [0.1, 0.15) is 12.1 Å². The number of carbonyl (C=O) groups excluding carboxylic acids is 1. The van der Waals surface area contributed by atoms with Gasteiger partial charge in [0, 0.05) is 37.8 Å². The standard InChI is InChI=1S/C19H30N6O2.ClH/c1-13(2)24(14(3)4)7-8-25-18-16(11-22-25)17(20-12-21-18)23-19(26)15-5-9-27-10-6-15;/h11-15H,5-10H2,1-4H3,(H,20,21,23,26);1H. The van der Waals surface area contributed by atoms with E-state index in [1.54, 1.807) is 6.20 Å². The molecule has 0 bridgehead atoms. The van der Waals surface area contributed by atoms with E-state index in [1.807, 2.05) is 4.68 Å². The number of aromatic nitrogens is 4. The highest BCUT2D eigenvalue weighted by molar-refractivity contribution is 5.99. The molecular formula is C19H31ClN6O2. The minimum Gasteiger partial charge on any atom is -0.381 e. The third-order valence-electron chi connectivity index (χ3n) is 5.16. The molecule has 1 N–H and O–H groups in total. The molecule has 2 aromatic rings. The van der Waals surface area contributed by atoms with Crippen LogP contribution >= 0.6 is 12.4 Å². The van der Waals surface area contributed by atoms with Gasteiger partial charge in [0.25, 0.3) is 0 Å². The van der Waals surface area contributed by atoms with Crippen molar-refractivity contribution in [1.82, 2.24) is 24.6 Å². The maximum atomic E-state index is 12.5. The Morgan fingerprint density at radius 1 is 1.25 bits per heavy atom. The Kier molecular flexibility index (Phi) is 8.15. The Hall–Kier alpha value is -1.77. The third kappa shape index (κ3) is 5.18. The second-order valence-corrected chi connectivity index (χ2v) is 7.63. The largest absolute Gasteiger partial charge is 0.381 e. The van der Waals surface area contributed by atoms with E-state index in [2.05, 4.69) is 53.0 Å². The number of nitrogens with zero attached hydrogens (tertiary/aromatic N) is 5. The summed E-state index contributed by atoms with van der Waals surface area (Å²) in [6.07, 6.45) is 4.73. The Morgan fingerprint density at radius 2 is 1.93 bits per heavy atom. The van der Waals surface area contributed by atoms with Crippen molar-refractivity contribution in [3.8, 4) is 0 Å². The molecule has 0 radical (unpaired) electrons. The molecule has 1 fully saturated rings. The van der Waals surface area contributed by atoms with Crippen LogP contribution in [0.4, 0.5) is 5.82 Å². The Morgan fingerprint density at radius 3 is 2.57 bits per heavy atom. The smallest absolute Gasteiger partial charge is 0.228 e. The number of fused-ring (bicyclic) bond motifs is 1. The van der Waals surface area contributed by atoms with Crippen molar-refractivity contribution in [2.45, 2.75) is 59.2 Å². The zero-order chi connectivity index (χ0) is 19.4. The van der Waals surface area contributed by atoms with Gasteiger partial charge in [-0.05, 0) is 40.5 Å². The summed E-state index contributed by atoms with van der Waals surface area (Å²) in [6, 6.07) is 0.937. The van der Waals surface area contributed by atoms with Gasteiger partial charge in [0.2, 0.25) is 5.91 Å². The lowest BCUT2D eigenvalue weighted by Crippen LogP contribution is -2.39. The summed E-state index contributed by atoms with van der Waals surface area (Å²) in [4.78, 5) is 23.6. The molecule has 156 valence electrons. The second kappa shape index (κ2) is 10.1. The predicted molar refractivity (Wildman–Crippen MR) is 112 cm³/mol. The van der Waals surface area contributed by atoms with Crippen LogP contribution in [0.5, 0.6) is 0 Å². The molecule has 0 saturated carbocycles. The SMILES string of the molecule is CC(C)N(CCn1ncc2c(NC(=O)C3CCOCC3)ncnc21)C(C)C.Cl. The minimum atomic E-state index is -0.0237. The highest BCUT2D eigenvalue weighted by Gasteiger charge is 2.23. The highest BCUT2D eigenvalue weighted by Crippen LogP contribution is 2.22. The molecule has 0 spiro atoms. The van der Waals surface area contributed by atoms with Crippen molar-refractivity contribution in [1.29, 1.82) is 0 Å². The molecule has 9 heteroatoms. The zero-order valence-electron chi connectivity index (χ0n) is 17.1. The first kappa shape index (κ1) is 22.5. The van der Waals surface area contributed by atoms with Crippen LogP contribution in [0.25, 0.3) is 11.0 Å². The summed E-state index contributed by atoms with van der Waals surface area (Å²) in [6.45, 7) is 11.7. The summed E-state index contributed by atoms with van der Waals surface area (Å²) in [7, 11) is 0. The van der Waals surface area contributed by atoms with Crippen LogP contribution in [-0.4, -0.2) is 62.4 Å². The first-order valence-corrected chi connectivity index (χ1v) is 9.78. The first-order chi connectivity index (χ1) is 13.0. The fraction of sp³-hybridized carbons (Fsp3) is 0.684. The van der Waals surface area contributed by atoms with E-state index >= 15 is 0 Å². The molecule has 0 aromatic carbocycles. The second-order valence-electron chi connectivity index (χ2n) is 7.63. The maximum absolute atomic E-state index is 12.5. The molecule has 1 saturated heterocycles. The van der Waals surface area contributed by atoms with Crippen molar-refractivity contribution in [2.75, 3.05) is 25.1 Å². The van der Waals surface area contributed by atoms with E-state index in [0.717, 1.165) is 37.0 Å². The van der Waals surface area contributed by atoms with Gasteiger partial charge in [0.05, 0.1) is 18.1 Å². The molecule has 0 unspecified atom stereocenters. The number of amides is 1. The number of anilines is 1. The van der Waals surface area contributed by atoms with Crippen molar-refractivity contribution >= 4 is 35.2 Å². The molecule has 0 aliphatic carbocycles. The van der Waals surface area contributed by atoms with Crippen molar-refractivity contribution < 1.29 is 9.53 Å². The quantitative estimate of drug-likeness (QED) is 0.755. The molecule has 3 rings (SSSR count). The lowest BCUT2D eigenvalue weighted by molar-refractivity contribution is -0.122. The summed E-state index contributed by atoms with van der Waals surface area (Å²) in [5.74, 6) is 0.508. The minimum absolute atomic E-state index is 0. The van der Waals surface area contributed by atoms with E-state index in [9.17, 15) is 4.79 Å². The number of ether oxygens (including phenoxy) is 1. The van der Waals surface area contributed by atoms with Gasteiger partial charge in [0.15, 0.2) is 5.65 Å². The van der Waals surface area contributed by atoms with Gasteiger partial charge in [-0.1, -0.05) is 0 Å². The fourth-order valence-corrected chi connectivity index (χ4v) is 3.66. The molecule has 8 nitrogen and oxygen atoms in total. The lowest BCUT2D eigenvalue weighted by atomic mass is 9.99. The van der Waals surface area contributed by atoms with Gasteiger partial charge in [-0.25, -0.2) is 14.6 Å². The fourth-order valence-electron chi connectivity index (χ4n) is 3.66. The molecule has 0 atom stereocenters. The number of nitrogens with one attached hydrogen (secondary N) is 1. The van der Waals surface area contributed by atoms with Crippen molar-refractivity contribution in [3.05, 3.63) is 12.5 Å². The van der Waals surface area contributed by atoms with Crippen LogP contribution in [-0.2, 0) is 16.1 Å².